The van der Waals surface area contributed by atoms with Gasteiger partial charge in [0.1, 0.15) is 23.7 Å². The van der Waals surface area contributed by atoms with Gasteiger partial charge in [0.05, 0.1) is 25.4 Å². The third kappa shape index (κ3) is 10.8. The van der Waals surface area contributed by atoms with Crippen LogP contribution in [0.15, 0.2) is 111 Å². The van der Waals surface area contributed by atoms with Crippen molar-refractivity contribution in [3.8, 4) is 5.75 Å². The number of aliphatic hydroxyl groups is 4. The average Bonchev–Trinajstić information content (AvgIpc) is 3.90. The molecule has 1 saturated carbocycles. The molecule has 1 aliphatic carbocycles. The fourth-order valence-electron chi connectivity index (χ4n) is 10.8. The van der Waals surface area contributed by atoms with Crippen molar-refractivity contribution in [2.75, 3.05) is 26.6 Å². The molecule has 0 radical (unpaired) electrons. The van der Waals surface area contributed by atoms with Crippen LogP contribution in [0.2, 0.25) is 0 Å². The first-order valence-corrected chi connectivity index (χ1v) is 24.1. The highest BCUT2D eigenvalue weighted by atomic mass is 16.6. The first-order chi connectivity index (χ1) is 33.0. The number of aryl methyl sites for hydroxylation is 2. The molecule has 3 aliphatic heterocycles. The first kappa shape index (κ1) is 48.8. The van der Waals surface area contributed by atoms with Crippen molar-refractivity contribution in [2.45, 2.75) is 121 Å². The molecule has 4 heterocycles. The molecule has 0 amide bonds. The van der Waals surface area contributed by atoms with Crippen LogP contribution in [0.4, 0.5) is 0 Å². The Morgan fingerprint density at radius 3 is 2.28 bits per heavy atom. The first-order valence-electron chi connectivity index (χ1n) is 24.1. The van der Waals surface area contributed by atoms with Crippen LogP contribution in [-0.4, -0.2) is 70.7 Å². The zero-order chi connectivity index (χ0) is 47.8. The fourth-order valence-corrected chi connectivity index (χ4v) is 10.8. The molecule has 12 heteroatoms. The maximum atomic E-state index is 14.9. The summed E-state index contributed by atoms with van der Waals surface area (Å²) in [5.41, 5.74) is 4.90. The van der Waals surface area contributed by atoms with E-state index in [2.05, 4.69) is 60.7 Å². The van der Waals surface area contributed by atoms with E-state index in [4.69, 9.17) is 23.4 Å². The van der Waals surface area contributed by atoms with Crippen LogP contribution in [0, 0.1) is 11.8 Å². The third-order valence-electron chi connectivity index (χ3n) is 14.5. The lowest BCUT2D eigenvalue weighted by Gasteiger charge is -2.48. The highest BCUT2D eigenvalue weighted by Crippen LogP contribution is 2.52. The molecule has 0 saturated heterocycles. The Bertz CT molecular complexity index is 2630. The van der Waals surface area contributed by atoms with E-state index in [0.717, 1.165) is 49.7 Å². The second-order valence-corrected chi connectivity index (χ2v) is 19.0. The van der Waals surface area contributed by atoms with Crippen LogP contribution in [-0.2, 0) is 56.1 Å². The second kappa shape index (κ2) is 22.2. The number of rotatable bonds is 14. The average molecular weight is 929 g/mol. The monoisotopic (exact) mass is 928 g/mol. The van der Waals surface area contributed by atoms with Gasteiger partial charge in [-0.2, -0.15) is 0 Å². The molecule has 1 aromatic heterocycles. The number of hydrogen-bond acceptors (Lipinski definition) is 12. The van der Waals surface area contributed by atoms with Crippen LogP contribution in [0.5, 0.6) is 5.75 Å². The van der Waals surface area contributed by atoms with Gasteiger partial charge in [0.2, 0.25) is 0 Å². The quantitative estimate of drug-likeness (QED) is 0.0363. The lowest BCUT2D eigenvalue weighted by molar-refractivity contribution is -0.199. The maximum Gasteiger partial charge on any atom is 0.340 e. The van der Waals surface area contributed by atoms with Crippen molar-refractivity contribution < 1.29 is 53.4 Å². The van der Waals surface area contributed by atoms with Crippen molar-refractivity contribution in [1.82, 2.24) is 0 Å². The normalized spacial score (nSPS) is 22.5. The zero-order valence-electron chi connectivity index (χ0n) is 39.1. The molecule has 68 heavy (non-hydrogen) atoms. The zero-order valence-corrected chi connectivity index (χ0v) is 39.1. The number of carbonyl (C=O) groups is 2. The van der Waals surface area contributed by atoms with Gasteiger partial charge < -0.3 is 43.8 Å². The molecule has 4 aromatic carbocycles. The highest BCUT2D eigenvalue weighted by Gasteiger charge is 2.57. The summed E-state index contributed by atoms with van der Waals surface area (Å²) in [7, 11) is 0. The van der Waals surface area contributed by atoms with Gasteiger partial charge >= 0.3 is 17.6 Å². The van der Waals surface area contributed by atoms with Gasteiger partial charge in [0.15, 0.2) is 12.2 Å². The van der Waals surface area contributed by atoms with Crippen molar-refractivity contribution in [1.29, 1.82) is 0 Å². The molecule has 0 spiro atoms. The SMILES string of the molecule is C/C(CO)=C1\CCc2ccc(cc2)C[C@@H](CCc2cccc(Cc3ccccc3)c2)CC(=O)O[C@@H]2c3c(ccc4c(CO)c([C@H](CCO)COCO)c(=O)oc34)O[C@@](C)(C3CCCC3)[C@H]2OC1=O. The number of benzene rings is 4. The minimum absolute atomic E-state index is 0.00151. The van der Waals surface area contributed by atoms with Gasteiger partial charge in [0, 0.05) is 41.4 Å². The lowest BCUT2D eigenvalue weighted by Crippen LogP contribution is -2.58. The van der Waals surface area contributed by atoms with E-state index in [1.54, 1.807) is 19.1 Å². The molecular formula is C56H64O12. The van der Waals surface area contributed by atoms with E-state index in [-0.39, 0.29) is 78.9 Å². The number of hydrogen-bond donors (Lipinski definition) is 4. The van der Waals surface area contributed by atoms with Crippen molar-refractivity contribution in [3.05, 3.63) is 157 Å². The summed E-state index contributed by atoms with van der Waals surface area (Å²) >= 11 is 0. The molecular weight excluding hydrogens is 865 g/mol. The number of aliphatic hydroxyl groups excluding tert-OH is 4. The minimum Gasteiger partial charge on any atom is -0.483 e. The van der Waals surface area contributed by atoms with Gasteiger partial charge in [-0.15, -0.1) is 0 Å². The van der Waals surface area contributed by atoms with Crippen LogP contribution >= 0.6 is 0 Å². The third-order valence-corrected chi connectivity index (χ3v) is 14.5. The summed E-state index contributed by atoms with van der Waals surface area (Å²) in [6.07, 6.45) is 4.55. The van der Waals surface area contributed by atoms with Gasteiger partial charge in [-0.25, -0.2) is 9.59 Å². The van der Waals surface area contributed by atoms with Gasteiger partial charge in [-0.05, 0) is 129 Å². The molecule has 4 N–H and O–H groups in total. The predicted molar refractivity (Wildman–Crippen MR) is 256 cm³/mol. The van der Waals surface area contributed by atoms with Crippen LogP contribution in [0.3, 0.4) is 0 Å². The van der Waals surface area contributed by atoms with E-state index >= 15 is 0 Å². The molecule has 9 rings (SSSR count). The molecule has 2 bridgehead atoms. The van der Waals surface area contributed by atoms with Crippen LogP contribution < -0.4 is 10.4 Å². The molecule has 1 fully saturated rings. The molecule has 4 aliphatic rings. The van der Waals surface area contributed by atoms with Crippen molar-refractivity contribution >= 4 is 22.9 Å². The predicted octanol–water partition coefficient (Wildman–Crippen LogP) is 8.28. The Morgan fingerprint density at radius 1 is 0.824 bits per heavy atom. The Balaban J connectivity index is 1.24. The second-order valence-electron chi connectivity index (χ2n) is 19.0. The summed E-state index contributed by atoms with van der Waals surface area (Å²) in [5.74, 6) is -1.92. The smallest absolute Gasteiger partial charge is 0.340 e. The summed E-state index contributed by atoms with van der Waals surface area (Å²) in [6, 6.07) is 30.6. The van der Waals surface area contributed by atoms with E-state index in [9.17, 15) is 34.8 Å². The summed E-state index contributed by atoms with van der Waals surface area (Å²) in [5, 5.41) is 41.1. The maximum absolute atomic E-state index is 14.9. The Morgan fingerprint density at radius 2 is 1.56 bits per heavy atom. The Hall–Kier alpha value is -5.63. The largest absolute Gasteiger partial charge is 0.483 e. The van der Waals surface area contributed by atoms with Crippen molar-refractivity contribution in [2.24, 2.45) is 11.8 Å². The molecule has 5 aromatic rings. The van der Waals surface area contributed by atoms with Crippen molar-refractivity contribution in [3.63, 3.8) is 0 Å². The Kier molecular flexibility index (Phi) is 15.9. The standard InChI is InChI=1S/C56H64O12/c1-35(31-58)44-22-21-36-15-17-39(18-16-36)29-41(20-19-38-11-8-12-40(28-38)27-37-9-4-3-5-10-37)30-48(61)65-52-50-47(68-56(2,43-13-6-7-14-43)53(52)67-54(44)62)24-23-45-46(32-59)49(55(63)66-51(45)50)42(25-26-57)33-64-34-60/h3-5,8-12,15-18,23-24,28,41-43,52-53,57-60H,6-7,13-14,19-22,25-27,29-34H2,1-2H3/b44-35-/t41-,42-,52-,53+,56+/m1/s1. The lowest BCUT2D eigenvalue weighted by atomic mass is 9.76. The van der Waals surface area contributed by atoms with Gasteiger partial charge in [0.25, 0.3) is 0 Å². The topological polar surface area (TPSA) is 182 Å². The van der Waals surface area contributed by atoms with Gasteiger partial charge in [-0.3, -0.25) is 4.79 Å². The molecule has 0 unspecified atom stereocenters. The summed E-state index contributed by atoms with van der Waals surface area (Å²) in [4.78, 5) is 43.9. The summed E-state index contributed by atoms with van der Waals surface area (Å²) in [6.45, 7) is 1.59. The molecule has 5 atom stereocenters. The number of esters is 2. The Labute approximate surface area is 397 Å². The number of carbonyl (C=O) groups excluding carboxylic acids is 2. The van der Waals surface area contributed by atoms with Crippen LogP contribution in [0.1, 0.15) is 122 Å². The van der Waals surface area contributed by atoms with E-state index < -0.39 is 54.7 Å². The van der Waals surface area contributed by atoms with Crippen LogP contribution in [0.25, 0.3) is 11.0 Å². The summed E-state index contributed by atoms with van der Waals surface area (Å²) < 4.78 is 31.9. The number of ether oxygens (including phenoxy) is 4. The van der Waals surface area contributed by atoms with E-state index in [1.807, 2.05) is 25.1 Å². The fraction of sp³-hybridized carbons (Fsp3) is 0.446. The van der Waals surface area contributed by atoms with E-state index in [0.29, 0.717) is 35.8 Å². The van der Waals surface area contributed by atoms with Gasteiger partial charge in [-0.1, -0.05) is 91.7 Å². The number of fused-ring (bicyclic) bond motifs is 13. The minimum atomic E-state index is -1.33. The highest BCUT2D eigenvalue weighted by molar-refractivity contribution is 5.90. The molecule has 12 nitrogen and oxygen atoms in total. The van der Waals surface area contributed by atoms with E-state index in [1.165, 1.54) is 16.7 Å². The molecule has 360 valence electrons.